The van der Waals surface area contributed by atoms with E-state index < -0.39 is 15.6 Å². The average Bonchev–Trinajstić information content (AvgIpc) is 3.25. The lowest BCUT2D eigenvalue weighted by Crippen LogP contribution is -2.40. The maximum atomic E-state index is 12.3. The van der Waals surface area contributed by atoms with Crippen LogP contribution >= 0.6 is 34.3 Å². The third kappa shape index (κ3) is 3.37. The Morgan fingerprint density at radius 2 is 2.09 bits per heavy atom. The molecule has 0 saturated heterocycles. The minimum Gasteiger partial charge on any atom is -0.466 e. The van der Waals surface area contributed by atoms with Crippen molar-refractivity contribution in [2.75, 3.05) is 6.54 Å². The van der Waals surface area contributed by atoms with Gasteiger partial charge in [-0.3, -0.25) is 0 Å². The predicted octanol–water partition coefficient (Wildman–Crippen LogP) is 3.27. The number of nitrogens with one attached hydrogen (secondary N) is 1. The van der Waals surface area contributed by atoms with Gasteiger partial charge in [0.15, 0.2) is 5.60 Å². The molecule has 0 aliphatic rings. The fourth-order valence-corrected chi connectivity index (χ4v) is 5.45. The van der Waals surface area contributed by atoms with E-state index in [0.717, 1.165) is 11.3 Å². The third-order valence-corrected chi connectivity index (χ3v) is 7.33. The van der Waals surface area contributed by atoms with Crippen molar-refractivity contribution >= 4 is 44.3 Å². The zero-order valence-electron chi connectivity index (χ0n) is 11.6. The highest BCUT2D eigenvalue weighted by Gasteiger charge is 2.37. The lowest BCUT2D eigenvalue weighted by atomic mass is 9.99. The molecule has 3 heterocycles. The molecule has 23 heavy (non-hydrogen) atoms. The second-order valence-electron chi connectivity index (χ2n) is 4.70. The van der Waals surface area contributed by atoms with Gasteiger partial charge in [-0.1, -0.05) is 17.7 Å². The van der Waals surface area contributed by atoms with Crippen LogP contribution in [0, 0.1) is 0 Å². The van der Waals surface area contributed by atoms with Crippen LogP contribution in [-0.2, 0) is 15.6 Å². The summed E-state index contributed by atoms with van der Waals surface area (Å²) in [5, 5.41) is 12.8. The number of thiophene rings is 2. The Bertz CT molecular complexity index is 835. The highest BCUT2D eigenvalue weighted by Crippen LogP contribution is 2.33. The van der Waals surface area contributed by atoms with Gasteiger partial charge < -0.3 is 9.52 Å². The molecule has 5 nitrogen and oxygen atoms in total. The van der Waals surface area contributed by atoms with E-state index >= 15 is 0 Å². The number of sulfonamides is 1. The van der Waals surface area contributed by atoms with Crippen LogP contribution in [0.4, 0.5) is 0 Å². The van der Waals surface area contributed by atoms with E-state index in [2.05, 4.69) is 4.72 Å². The van der Waals surface area contributed by atoms with Crippen LogP contribution in [0.5, 0.6) is 0 Å². The molecule has 0 radical (unpaired) electrons. The van der Waals surface area contributed by atoms with Gasteiger partial charge >= 0.3 is 0 Å². The second kappa shape index (κ2) is 6.39. The van der Waals surface area contributed by atoms with E-state index in [9.17, 15) is 13.5 Å². The van der Waals surface area contributed by atoms with E-state index in [1.54, 1.807) is 29.6 Å². The van der Waals surface area contributed by atoms with Gasteiger partial charge in [0, 0.05) is 4.88 Å². The molecule has 0 aliphatic carbocycles. The number of aliphatic hydroxyl groups is 1. The Labute approximate surface area is 146 Å². The van der Waals surface area contributed by atoms with Crippen LogP contribution in [0.3, 0.4) is 0 Å². The van der Waals surface area contributed by atoms with Crippen LogP contribution in [-0.4, -0.2) is 20.1 Å². The molecule has 3 aromatic heterocycles. The van der Waals surface area contributed by atoms with Crippen molar-refractivity contribution in [1.29, 1.82) is 0 Å². The summed E-state index contributed by atoms with van der Waals surface area (Å²) in [7, 11) is -3.77. The third-order valence-electron chi connectivity index (χ3n) is 3.19. The summed E-state index contributed by atoms with van der Waals surface area (Å²) in [4.78, 5) is 0.583. The smallest absolute Gasteiger partial charge is 0.250 e. The van der Waals surface area contributed by atoms with Gasteiger partial charge in [0.1, 0.15) is 9.97 Å². The van der Waals surface area contributed by atoms with Crippen LogP contribution in [0.2, 0.25) is 4.34 Å². The summed E-state index contributed by atoms with van der Waals surface area (Å²) < 4.78 is 32.9. The van der Waals surface area contributed by atoms with Crippen molar-refractivity contribution in [3.05, 3.63) is 63.0 Å². The summed E-state index contributed by atoms with van der Waals surface area (Å²) in [6.07, 6.45) is 1.43. The number of rotatable bonds is 6. The fraction of sp³-hybridized carbons (Fsp3) is 0.143. The minimum atomic E-state index is -3.77. The highest BCUT2D eigenvalue weighted by atomic mass is 35.5. The molecule has 0 spiro atoms. The zero-order valence-corrected chi connectivity index (χ0v) is 14.8. The Balaban J connectivity index is 1.89. The molecule has 9 heteroatoms. The number of hydrogen-bond donors (Lipinski definition) is 2. The fourth-order valence-electron chi connectivity index (χ4n) is 2.04. The summed E-state index contributed by atoms with van der Waals surface area (Å²) in [5.41, 5.74) is -1.58. The molecule has 0 bridgehead atoms. The molecule has 3 rings (SSSR count). The normalized spacial score (nSPS) is 14.7. The molecule has 0 unspecified atom stereocenters. The second-order valence-corrected chi connectivity index (χ2v) is 9.35. The van der Waals surface area contributed by atoms with Crippen molar-refractivity contribution in [1.82, 2.24) is 4.72 Å². The molecular weight excluding hydrogens is 378 g/mol. The van der Waals surface area contributed by atoms with Gasteiger partial charge in [0.2, 0.25) is 10.0 Å². The molecule has 1 atom stereocenters. The Morgan fingerprint density at radius 3 is 2.65 bits per heavy atom. The maximum absolute atomic E-state index is 12.3. The average molecular weight is 390 g/mol. The lowest BCUT2D eigenvalue weighted by molar-refractivity contribution is 0.0655. The quantitative estimate of drug-likeness (QED) is 0.678. The highest BCUT2D eigenvalue weighted by molar-refractivity contribution is 7.91. The van der Waals surface area contributed by atoms with Gasteiger partial charge in [0.05, 0.1) is 17.1 Å². The number of hydrogen-bond acceptors (Lipinski definition) is 6. The van der Waals surface area contributed by atoms with Crippen LogP contribution in [0.25, 0.3) is 0 Å². The summed E-state index contributed by atoms with van der Waals surface area (Å²) >= 11 is 8.05. The first-order valence-electron chi connectivity index (χ1n) is 6.47. The first kappa shape index (κ1) is 16.7. The molecule has 0 amide bonds. The topological polar surface area (TPSA) is 79.5 Å². The molecule has 0 aromatic carbocycles. The minimum absolute atomic E-state index is 0.0930. The van der Waals surface area contributed by atoms with Crippen LogP contribution in [0.15, 0.2) is 56.7 Å². The van der Waals surface area contributed by atoms with Gasteiger partial charge in [-0.15, -0.1) is 22.7 Å². The summed E-state index contributed by atoms with van der Waals surface area (Å²) in [6.45, 7) is -0.251. The molecule has 0 fully saturated rings. The zero-order chi connectivity index (χ0) is 16.5. The standard InChI is InChI=1S/C14H12ClNO4S3/c15-12-5-6-13(22-12)23(18,19)16-9-14(17,10-3-1-7-20-10)11-4-2-8-21-11/h1-8,16-17H,9H2/t14-/m1/s1. The van der Waals surface area contributed by atoms with Gasteiger partial charge in [-0.25, -0.2) is 13.1 Å². The number of halogens is 1. The Kier molecular flexibility index (Phi) is 4.63. The monoisotopic (exact) mass is 389 g/mol. The molecule has 2 N–H and O–H groups in total. The number of furan rings is 1. The summed E-state index contributed by atoms with van der Waals surface area (Å²) in [6, 6.07) is 9.69. The molecular formula is C14H12ClNO4S3. The van der Waals surface area contributed by atoms with E-state index in [0.29, 0.717) is 9.21 Å². The van der Waals surface area contributed by atoms with E-state index in [1.165, 1.54) is 29.7 Å². The van der Waals surface area contributed by atoms with Gasteiger partial charge in [0.25, 0.3) is 0 Å². The van der Waals surface area contributed by atoms with E-state index in [-0.39, 0.29) is 16.5 Å². The van der Waals surface area contributed by atoms with Gasteiger partial charge in [-0.2, -0.15) is 0 Å². The van der Waals surface area contributed by atoms with Crippen LogP contribution in [0.1, 0.15) is 10.6 Å². The first-order chi connectivity index (χ1) is 10.9. The first-order valence-corrected chi connectivity index (χ1v) is 10.0. The SMILES string of the molecule is O=S(=O)(NC[C@@](O)(c1ccco1)c1cccs1)c1ccc(Cl)s1. The van der Waals surface area contributed by atoms with Crippen molar-refractivity contribution in [2.45, 2.75) is 9.81 Å². The lowest BCUT2D eigenvalue weighted by Gasteiger charge is -2.25. The Morgan fingerprint density at radius 1 is 1.26 bits per heavy atom. The molecule has 3 aromatic rings. The molecule has 0 saturated carbocycles. The Hall–Kier alpha value is -1.16. The van der Waals surface area contributed by atoms with Crippen molar-refractivity contribution in [3.63, 3.8) is 0 Å². The van der Waals surface area contributed by atoms with E-state index in [1.807, 2.05) is 0 Å². The van der Waals surface area contributed by atoms with Crippen LogP contribution < -0.4 is 4.72 Å². The van der Waals surface area contributed by atoms with Crippen molar-refractivity contribution in [2.24, 2.45) is 0 Å². The van der Waals surface area contributed by atoms with E-state index in [4.69, 9.17) is 16.0 Å². The van der Waals surface area contributed by atoms with Crippen molar-refractivity contribution < 1.29 is 17.9 Å². The predicted molar refractivity (Wildman–Crippen MR) is 90.5 cm³/mol. The molecule has 0 aliphatic heterocycles. The van der Waals surface area contributed by atoms with Crippen molar-refractivity contribution in [3.8, 4) is 0 Å². The summed E-state index contributed by atoms with van der Waals surface area (Å²) in [5.74, 6) is 0.270. The maximum Gasteiger partial charge on any atom is 0.250 e. The van der Waals surface area contributed by atoms with Gasteiger partial charge in [-0.05, 0) is 35.7 Å². The largest absolute Gasteiger partial charge is 0.466 e. The molecule has 122 valence electrons.